The zero-order valence-corrected chi connectivity index (χ0v) is 14.4. The van der Waals surface area contributed by atoms with Gasteiger partial charge in [0.1, 0.15) is 5.75 Å². The van der Waals surface area contributed by atoms with Crippen LogP contribution in [0.3, 0.4) is 0 Å². The zero-order valence-electron chi connectivity index (χ0n) is 13.6. The van der Waals surface area contributed by atoms with E-state index < -0.39 is 15.9 Å². The first-order chi connectivity index (χ1) is 11.2. The molecule has 1 amide bonds. The van der Waals surface area contributed by atoms with Crippen molar-refractivity contribution < 1.29 is 17.9 Å². The summed E-state index contributed by atoms with van der Waals surface area (Å²) < 4.78 is 28.1. The fraction of sp³-hybridized carbons (Fsp3) is 0.250. The number of hydrogen-bond donors (Lipinski definition) is 2. The Balaban J connectivity index is 2.29. The Labute approximate surface area is 140 Å². The van der Waals surface area contributed by atoms with Crippen molar-refractivity contribution >= 4 is 15.9 Å². The summed E-state index contributed by atoms with van der Waals surface area (Å²) >= 11 is 0. The molecular weight excluding hydrogens is 330 g/mol. The SMILES string of the molecule is COc1ccc(S(N)(=O)=O)cc1C(=O)NC(C)c1ccc(C)nc1. The fourth-order valence-corrected chi connectivity index (χ4v) is 2.67. The number of aromatic nitrogens is 1. The van der Waals surface area contributed by atoms with Gasteiger partial charge in [0, 0.05) is 11.9 Å². The van der Waals surface area contributed by atoms with Crippen molar-refractivity contribution in [2.45, 2.75) is 24.8 Å². The molecular formula is C16H19N3O4S. The minimum Gasteiger partial charge on any atom is -0.496 e. The number of aryl methyl sites for hydroxylation is 1. The third-order valence-corrected chi connectivity index (χ3v) is 4.44. The number of nitrogens with zero attached hydrogens (tertiary/aromatic N) is 1. The number of sulfonamides is 1. The number of primary sulfonamides is 1. The monoisotopic (exact) mass is 349 g/mol. The molecule has 2 aromatic rings. The molecule has 2 rings (SSSR count). The van der Waals surface area contributed by atoms with Gasteiger partial charge in [-0.05, 0) is 43.7 Å². The molecule has 0 aliphatic heterocycles. The van der Waals surface area contributed by atoms with Crippen molar-refractivity contribution in [1.82, 2.24) is 10.3 Å². The van der Waals surface area contributed by atoms with Crippen LogP contribution in [0.15, 0.2) is 41.4 Å². The number of rotatable bonds is 5. The van der Waals surface area contributed by atoms with Crippen molar-refractivity contribution in [3.8, 4) is 5.75 Å². The van der Waals surface area contributed by atoms with Gasteiger partial charge in [0.2, 0.25) is 10.0 Å². The number of carbonyl (C=O) groups excluding carboxylic acids is 1. The summed E-state index contributed by atoms with van der Waals surface area (Å²) in [7, 11) is -2.52. The lowest BCUT2D eigenvalue weighted by atomic mass is 10.1. The van der Waals surface area contributed by atoms with E-state index in [-0.39, 0.29) is 22.3 Å². The average Bonchev–Trinajstić information content (AvgIpc) is 2.53. The summed E-state index contributed by atoms with van der Waals surface area (Å²) in [5, 5.41) is 7.91. The van der Waals surface area contributed by atoms with E-state index >= 15 is 0 Å². The molecule has 0 spiro atoms. The minimum absolute atomic E-state index is 0.0935. The van der Waals surface area contributed by atoms with E-state index in [1.807, 2.05) is 19.1 Å². The molecule has 0 bridgehead atoms. The Morgan fingerprint density at radius 1 is 1.29 bits per heavy atom. The Morgan fingerprint density at radius 3 is 2.54 bits per heavy atom. The standard InChI is InChI=1S/C16H19N3O4S/c1-10-4-5-12(9-18-10)11(2)19-16(20)14-8-13(24(17,21)22)6-7-15(14)23-3/h4-9,11H,1-3H3,(H,19,20)(H2,17,21,22). The third-order valence-electron chi connectivity index (χ3n) is 3.53. The molecule has 0 saturated heterocycles. The zero-order chi connectivity index (χ0) is 17.9. The van der Waals surface area contributed by atoms with Crippen LogP contribution in [0, 0.1) is 6.92 Å². The summed E-state index contributed by atoms with van der Waals surface area (Å²) in [4.78, 5) is 16.5. The lowest BCUT2D eigenvalue weighted by molar-refractivity contribution is 0.0936. The highest BCUT2D eigenvalue weighted by Gasteiger charge is 2.19. The molecule has 7 nitrogen and oxygen atoms in total. The predicted molar refractivity (Wildman–Crippen MR) is 89.2 cm³/mol. The van der Waals surface area contributed by atoms with Crippen LogP contribution in [0.2, 0.25) is 0 Å². The second kappa shape index (κ2) is 6.98. The molecule has 24 heavy (non-hydrogen) atoms. The molecule has 1 atom stereocenters. The van der Waals surface area contributed by atoms with Gasteiger partial charge < -0.3 is 10.1 Å². The lowest BCUT2D eigenvalue weighted by Crippen LogP contribution is -2.27. The minimum atomic E-state index is -3.91. The van der Waals surface area contributed by atoms with Gasteiger partial charge in [-0.2, -0.15) is 0 Å². The van der Waals surface area contributed by atoms with Gasteiger partial charge in [-0.3, -0.25) is 9.78 Å². The van der Waals surface area contributed by atoms with E-state index in [1.165, 1.54) is 25.3 Å². The van der Waals surface area contributed by atoms with Gasteiger partial charge in [-0.1, -0.05) is 6.07 Å². The predicted octanol–water partition coefficient (Wildman–Crippen LogP) is 1.54. The highest BCUT2D eigenvalue weighted by Crippen LogP contribution is 2.23. The van der Waals surface area contributed by atoms with Gasteiger partial charge in [0.25, 0.3) is 5.91 Å². The molecule has 0 aliphatic carbocycles. The van der Waals surface area contributed by atoms with Crippen molar-refractivity contribution in [3.05, 3.63) is 53.3 Å². The Morgan fingerprint density at radius 2 is 2.00 bits per heavy atom. The molecule has 1 aromatic heterocycles. The van der Waals surface area contributed by atoms with E-state index in [2.05, 4.69) is 10.3 Å². The van der Waals surface area contributed by atoms with Gasteiger partial charge in [-0.15, -0.1) is 0 Å². The first-order valence-electron chi connectivity index (χ1n) is 7.16. The molecule has 0 fully saturated rings. The molecule has 1 heterocycles. The number of ether oxygens (including phenoxy) is 1. The largest absolute Gasteiger partial charge is 0.496 e. The maximum absolute atomic E-state index is 12.5. The van der Waals surface area contributed by atoms with E-state index in [0.29, 0.717) is 0 Å². The van der Waals surface area contributed by atoms with E-state index in [9.17, 15) is 13.2 Å². The van der Waals surface area contributed by atoms with Crippen LogP contribution in [0.25, 0.3) is 0 Å². The van der Waals surface area contributed by atoms with Crippen molar-refractivity contribution in [1.29, 1.82) is 0 Å². The van der Waals surface area contributed by atoms with Crippen LogP contribution in [0.4, 0.5) is 0 Å². The second-order valence-electron chi connectivity index (χ2n) is 5.34. The van der Waals surface area contributed by atoms with Crippen LogP contribution in [-0.2, 0) is 10.0 Å². The number of nitrogens with one attached hydrogen (secondary N) is 1. The number of amides is 1. The van der Waals surface area contributed by atoms with E-state index in [1.54, 1.807) is 13.1 Å². The number of hydrogen-bond acceptors (Lipinski definition) is 5. The number of carbonyl (C=O) groups is 1. The average molecular weight is 349 g/mol. The molecule has 1 unspecified atom stereocenters. The summed E-state index contributed by atoms with van der Waals surface area (Å²) in [5.74, 6) is -0.209. The van der Waals surface area contributed by atoms with Gasteiger partial charge in [0.15, 0.2) is 0 Å². The van der Waals surface area contributed by atoms with Crippen molar-refractivity contribution in [2.24, 2.45) is 5.14 Å². The summed E-state index contributed by atoms with van der Waals surface area (Å²) in [6.45, 7) is 3.68. The first-order valence-corrected chi connectivity index (χ1v) is 8.71. The first kappa shape index (κ1) is 17.9. The van der Waals surface area contributed by atoms with Gasteiger partial charge >= 0.3 is 0 Å². The highest BCUT2D eigenvalue weighted by atomic mass is 32.2. The quantitative estimate of drug-likeness (QED) is 0.850. The van der Waals surface area contributed by atoms with Crippen molar-refractivity contribution in [3.63, 3.8) is 0 Å². The molecule has 3 N–H and O–H groups in total. The Hall–Kier alpha value is -2.45. The number of methoxy groups -OCH3 is 1. The molecule has 8 heteroatoms. The molecule has 0 aliphatic rings. The summed E-state index contributed by atoms with van der Waals surface area (Å²) in [6.07, 6.45) is 1.68. The number of pyridine rings is 1. The van der Waals surface area contributed by atoms with Crippen LogP contribution in [-0.4, -0.2) is 26.4 Å². The normalized spacial score (nSPS) is 12.5. The second-order valence-corrected chi connectivity index (χ2v) is 6.90. The molecule has 0 radical (unpaired) electrons. The van der Waals surface area contributed by atoms with Crippen molar-refractivity contribution in [2.75, 3.05) is 7.11 Å². The maximum atomic E-state index is 12.5. The molecule has 1 aromatic carbocycles. The summed E-state index contributed by atoms with van der Waals surface area (Å²) in [6, 6.07) is 7.29. The number of nitrogens with two attached hydrogens (primary N) is 1. The maximum Gasteiger partial charge on any atom is 0.255 e. The number of benzene rings is 1. The van der Waals surface area contributed by atoms with Gasteiger partial charge in [0.05, 0.1) is 23.6 Å². The van der Waals surface area contributed by atoms with E-state index in [4.69, 9.17) is 9.88 Å². The molecule has 128 valence electrons. The molecule has 0 saturated carbocycles. The van der Waals surface area contributed by atoms with Crippen LogP contribution in [0.1, 0.15) is 34.6 Å². The van der Waals surface area contributed by atoms with Gasteiger partial charge in [-0.25, -0.2) is 13.6 Å². The smallest absolute Gasteiger partial charge is 0.255 e. The highest BCUT2D eigenvalue weighted by molar-refractivity contribution is 7.89. The van der Waals surface area contributed by atoms with Crippen LogP contribution in [0.5, 0.6) is 5.75 Å². The Kier molecular flexibility index (Phi) is 5.20. The van der Waals surface area contributed by atoms with Crippen LogP contribution < -0.4 is 15.2 Å². The van der Waals surface area contributed by atoms with Crippen LogP contribution >= 0.6 is 0 Å². The lowest BCUT2D eigenvalue weighted by Gasteiger charge is -2.16. The topological polar surface area (TPSA) is 111 Å². The Bertz CT molecular complexity index is 848. The fourth-order valence-electron chi connectivity index (χ4n) is 2.13. The third kappa shape index (κ3) is 4.09. The van der Waals surface area contributed by atoms with E-state index in [0.717, 1.165) is 11.3 Å². The summed E-state index contributed by atoms with van der Waals surface area (Å²) in [5.41, 5.74) is 1.80.